The van der Waals surface area contributed by atoms with E-state index in [1.807, 2.05) is 24.3 Å². The lowest BCUT2D eigenvalue weighted by molar-refractivity contribution is -0.120. The number of hydrogen-bond acceptors (Lipinski definition) is 3. The Labute approximate surface area is 128 Å². The highest BCUT2D eigenvalue weighted by molar-refractivity contribution is 6.33. The van der Waals surface area contributed by atoms with Gasteiger partial charge in [0.1, 0.15) is 5.54 Å². The van der Waals surface area contributed by atoms with Crippen molar-refractivity contribution in [2.45, 2.75) is 12.5 Å². The minimum Gasteiger partial charge on any atom is -0.323 e. The standard InChI is InChI=1S/C16H14ClN3O/c1-16(19,12-5-3-2-4-6-12)15(21)20-14-8-7-11(10-18)9-13(14)17/h2-9H,19H2,1H3,(H,20,21). The Bertz CT molecular complexity index is 705. The van der Waals surface area contributed by atoms with Crippen LogP contribution in [0, 0.1) is 11.3 Å². The average molecular weight is 300 g/mol. The van der Waals surface area contributed by atoms with Gasteiger partial charge in [-0.25, -0.2) is 0 Å². The molecule has 2 aromatic rings. The van der Waals surface area contributed by atoms with E-state index in [1.165, 1.54) is 6.07 Å². The van der Waals surface area contributed by atoms with Crippen LogP contribution in [0.15, 0.2) is 48.5 Å². The lowest BCUT2D eigenvalue weighted by Gasteiger charge is -2.24. The zero-order chi connectivity index (χ0) is 15.5. The third-order valence-corrected chi connectivity index (χ3v) is 3.50. The number of carbonyl (C=O) groups excluding carboxylic acids is 1. The molecule has 0 radical (unpaired) electrons. The maximum Gasteiger partial charge on any atom is 0.248 e. The number of benzene rings is 2. The summed E-state index contributed by atoms with van der Waals surface area (Å²) in [7, 11) is 0. The van der Waals surface area contributed by atoms with Crippen molar-refractivity contribution >= 4 is 23.2 Å². The molecule has 0 fully saturated rings. The van der Waals surface area contributed by atoms with Gasteiger partial charge in [0.05, 0.1) is 22.3 Å². The summed E-state index contributed by atoms with van der Waals surface area (Å²) in [5.41, 5.74) is 6.50. The van der Waals surface area contributed by atoms with Crippen molar-refractivity contribution in [2.24, 2.45) is 5.73 Å². The van der Waals surface area contributed by atoms with Gasteiger partial charge in [0, 0.05) is 0 Å². The number of nitriles is 1. The zero-order valence-electron chi connectivity index (χ0n) is 11.4. The molecule has 1 unspecified atom stereocenters. The van der Waals surface area contributed by atoms with E-state index in [9.17, 15) is 4.79 Å². The number of nitrogens with one attached hydrogen (secondary N) is 1. The smallest absolute Gasteiger partial charge is 0.248 e. The van der Waals surface area contributed by atoms with Crippen LogP contribution in [0.3, 0.4) is 0 Å². The molecule has 1 amide bonds. The molecule has 2 rings (SSSR count). The van der Waals surface area contributed by atoms with Gasteiger partial charge in [-0.05, 0) is 30.7 Å². The van der Waals surface area contributed by atoms with Crippen molar-refractivity contribution in [1.82, 2.24) is 0 Å². The molecule has 1 atom stereocenters. The highest BCUT2D eigenvalue weighted by atomic mass is 35.5. The Balaban J connectivity index is 2.24. The first-order valence-electron chi connectivity index (χ1n) is 6.30. The van der Waals surface area contributed by atoms with Gasteiger partial charge >= 0.3 is 0 Å². The van der Waals surface area contributed by atoms with Gasteiger partial charge < -0.3 is 11.1 Å². The molecule has 0 heterocycles. The number of hydrogen-bond donors (Lipinski definition) is 2. The van der Waals surface area contributed by atoms with Crippen LogP contribution in [-0.2, 0) is 10.3 Å². The highest BCUT2D eigenvalue weighted by Crippen LogP contribution is 2.25. The topological polar surface area (TPSA) is 78.9 Å². The summed E-state index contributed by atoms with van der Waals surface area (Å²) in [4.78, 5) is 12.4. The molecule has 2 aromatic carbocycles. The lowest BCUT2D eigenvalue weighted by Crippen LogP contribution is -2.45. The minimum atomic E-state index is -1.18. The summed E-state index contributed by atoms with van der Waals surface area (Å²) in [6.45, 7) is 1.63. The normalized spacial score (nSPS) is 13.0. The van der Waals surface area contributed by atoms with Crippen LogP contribution in [0.5, 0.6) is 0 Å². The Morgan fingerprint density at radius 3 is 2.52 bits per heavy atom. The summed E-state index contributed by atoms with van der Waals surface area (Å²) in [5, 5.41) is 11.8. The molecular formula is C16H14ClN3O. The van der Waals surface area contributed by atoms with Gasteiger partial charge in [0.25, 0.3) is 0 Å². The van der Waals surface area contributed by atoms with Crippen LogP contribution in [-0.4, -0.2) is 5.91 Å². The van der Waals surface area contributed by atoms with E-state index in [2.05, 4.69) is 5.32 Å². The predicted octanol–water partition coefficient (Wildman–Crippen LogP) is 3.02. The van der Waals surface area contributed by atoms with E-state index in [0.29, 0.717) is 21.8 Å². The molecule has 5 heteroatoms. The number of amides is 1. The average Bonchev–Trinajstić information content (AvgIpc) is 2.50. The fraction of sp³-hybridized carbons (Fsp3) is 0.125. The van der Waals surface area contributed by atoms with Gasteiger partial charge in [-0.2, -0.15) is 5.26 Å². The summed E-state index contributed by atoms with van der Waals surface area (Å²) in [6.07, 6.45) is 0. The largest absolute Gasteiger partial charge is 0.323 e. The Morgan fingerprint density at radius 1 is 1.29 bits per heavy atom. The molecule has 0 aromatic heterocycles. The SMILES string of the molecule is CC(N)(C(=O)Nc1ccc(C#N)cc1Cl)c1ccccc1. The summed E-state index contributed by atoms with van der Waals surface area (Å²) < 4.78 is 0. The molecule has 0 saturated heterocycles. The molecule has 21 heavy (non-hydrogen) atoms. The van der Waals surface area contributed by atoms with E-state index in [0.717, 1.165) is 0 Å². The minimum absolute atomic E-state index is 0.297. The van der Waals surface area contributed by atoms with Gasteiger partial charge in [0.15, 0.2) is 0 Å². The number of anilines is 1. The second-order valence-electron chi connectivity index (χ2n) is 4.83. The summed E-state index contributed by atoms with van der Waals surface area (Å²) in [6, 6.07) is 15.7. The predicted molar refractivity (Wildman–Crippen MR) is 82.8 cm³/mol. The van der Waals surface area contributed by atoms with Crippen molar-refractivity contribution < 1.29 is 4.79 Å². The summed E-state index contributed by atoms with van der Waals surface area (Å²) >= 11 is 6.04. The van der Waals surface area contributed by atoms with Crippen LogP contribution in [0.2, 0.25) is 5.02 Å². The molecule has 0 aliphatic carbocycles. The highest BCUT2D eigenvalue weighted by Gasteiger charge is 2.30. The fourth-order valence-electron chi connectivity index (χ4n) is 1.85. The molecule has 0 bridgehead atoms. The molecule has 0 saturated carbocycles. The van der Waals surface area contributed by atoms with Gasteiger partial charge in [-0.15, -0.1) is 0 Å². The maximum absolute atomic E-state index is 12.4. The number of halogens is 1. The van der Waals surface area contributed by atoms with Crippen molar-refractivity contribution in [3.8, 4) is 6.07 Å². The first kappa shape index (κ1) is 15.0. The van der Waals surface area contributed by atoms with Crippen LogP contribution >= 0.6 is 11.6 Å². The van der Waals surface area contributed by atoms with Crippen molar-refractivity contribution in [2.75, 3.05) is 5.32 Å². The van der Waals surface area contributed by atoms with Crippen molar-refractivity contribution in [3.63, 3.8) is 0 Å². The Morgan fingerprint density at radius 2 is 1.95 bits per heavy atom. The molecule has 0 spiro atoms. The lowest BCUT2D eigenvalue weighted by atomic mass is 9.92. The molecule has 0 aliphatic heterocycles. The Kier molecular flexibility index (Phi) is 4.27. The molecule has 106 valence electrons. The van der Waals surface area contributed by atoms with Gasteiger partial charge in [-0.3, -0.25) is 4.79 Å². The first-order valence-corrected chi connectivity index (χ1v) is 6.68. The van der Waals surface area contributed by atoms with E-state index in [4.69, 9.17) is 22.6 Å². The summed E-state index contributed by atoms with van der Waals surface area (Å²) in [5.74, 6) is -0.375. The number of carbonyl (C=O) groups is 1. The van der Waals surface area contributed by atoms with Crippen LogP contribution in [0.25, 0.3) is 0 Å². The van der Waals surface area contributed by atoms with Crippen LogP contribution in [0.4, 0.5) is 5.69 Å². The molecule has 0 aliphatic rings. The fourth-order valence-corrected chi connectivity index (χ4v) is 2.08. The van der Waals surface area contributed by atoms with E-state index >= 15 is 0 Å². The van der Waals surface area contributed by atoms with Gasteiger partial charge in [0.2, 0.25) is 5.91 Å². The quantitative estimate of drug-likeness (QED) is 0.914. The third-order valence-electron chi connectivity index (χ3n) is 3.19. The van der Waals surface area contributed by atoms with Crippen molar-refractivity contribution in [1.29, 1.82) is 5.26 Å². The van der Waals surface area contributed by atoms with Crippen LogP contribution < -0.4 is 11.1 Å². The number of nitrogens with two attached hydrogens (primary N) is 1. The number of nitrogens with zero attached hydrogens (tertiary/aromatic N) is 1. The maximum atomic E-state index is 12.4. The first-order chi connectivity index (χ1) is 9.95. The zero-order valence-corrected chi connectivity index (χ0v) is 12.2. The van der Waals surface area contributed by atoms with Gasteiger partial charge in [-0.1, -0.05) is 41.9 Å². The van der Waals surface area contributed by atoms with E-state index < -0.39 is 5.54 Å². The monoisotopic (exact) mass is 299 g/mol. The number of rotatable bonds is 3. The van der Waals surface area contributed by atoms with Crippen LogP contribution in [0.1, 0.15) is 18.1 Å². The van der Waals surface area contributed by atoms with E-state index in [-0.39, 0.29) is 5.91 Å². The molecule has 3 N–H and O–H groups in total. The van der Waals surface area contributed by atoms with E-state index in [1.54, 1.807) is 31.2 Å². The Hall–Kier alpha value is -2.35. The third kappa shape index (κ3) is 3.22. The second kappa shape index (κ2) is 5.96. The molecule has 4 nitrogen and oxygen atoms in total. The molecular weight excluding hydrogens is 286 g/mol. The second-order valence-corrected chi connectivity index (χ2v) is 5.24. The van der Waals surface area contributed by atoms with Crippen molar-refractivity contribution in [3.05, 3.63) is 64.7 Å².